The zero-order valence-corrected chi connectivity index (χ0v) is 7.74. The lowest BCUT2D eigenvalue weighted by Gasteiger charge is -2.09. The van der Waals surface area contributed by atoms with Crippen LogP contribution in [0.2, 0.25) is 12.1 Å². The van der Waals surface area contributed by atoms with Crippen molar-refractivity contribution in [2.24, 2.45) is 0 Å². The molecule has 55 valence electrons. The Kier molecular flexibility index (Phi) is 6.42. The Labute approximate surface area is 60.1 Å². The molecule has 0 aromatic heterocycles. The highest BCUT2D eigenvalue weighted by atomic mass is 28.3. The summed E-state index contributed by atoms with van der Waals surface area (Å²) in [6.45, 7) is 7.43. The van der Waals surface area contributed by atoms with Crippen LogP contribution in [0.5, 0.6) is 0 Å². The van der Waals surface area contributed by atoms with Crippen molar-refractivity contribution in [1.82, 2.24) is 0 Å². The van der Waals surface area contributed by atoms with Crippen molar-refractivity contribution < 1.29 is 4.43 Å². The second-order valence-corrected chi connectivity index (χ2v) is 4.65. The van der Waals surface area contributed by atoms with Crippen molar-refractivity contribution in [2.45, 2.75) is 39.3 Å². The van der Waals surface area contributed by atoms with Gasteiger partial charge in [-0.3, -0.25) is 0 Å². The van der Waals surface area contributed by atoms with Crippen LogP contribution < -0.4 is 0 Å². The Morgan fingerprint density at radius 1 is 1.22 bits per heavy atom. The summed E-state index contributed by atoms with van der Waals surface area (Å²) in [6, 6.07) is 2.57. The first kappa shape index (κ1) is 9.18. The molecule has 0 aliphatic heterocycles. The predicted molar refractivity (Wildman–Crippen MR) is 43.0 cm³/mol. The van der Waals surface area contributed by atoms with Crippen LogP contribution in [0.3, 0.4) is 0 Å². The molecule has 0 amide bonds. The largest absolute Gasteiger partial charge is 0.417 e. The van der Waals surface area contributed by atoms with E-state index in [0.717, 1.165) is 6.61 Å². The summed E-state index contributed by atoms with van der Waals surface area (Å²) < 4.78 is 5.53. The molecular formula is C7H17OSi. The molecule has 0 atom stereocenters. The van der Waals surface area contributed by atoms with E-state index >= 15 is 0 Å². The van der Waals surface area contributed by atoms with Gasteiger partial charge in [-0.1, -0.05) is 20.3 Å². The molecule has 1 radical (unpaired) electrons. The zero-order valence-electron chi connectivity index (χ0n) is 6.74. The molecule has 9 heavy (non-hydrogen) atoms. The van der Waals surface area contributed by atoms with Gasteiger partial charge in [-0.05, 0) is 19.0 Å². The van der Waals surface area contributed by atoms with Gasteiger partial charge in [-0.15, -0.1) is 0 Å². The normalized spacial score (nSPS) is 10.7. The van der Waals surface area contributed by atoms with Crippen LogP contribution in [-0.4, -0.2) is 15.6 Å². The summed E-state index contributed by atoms with van der Waals surface area (Å²) >= 11 is 0. The molecule has 0 heterocycles. The van der Waals surface area contributed by atoms with Crippen LogP contribution in [0.15, 0.2) is 0 Å². The van der Waals surface area contributed by atoms with Gasteiger partial charge in [-0.25, -0.2) is 0 Å². The quantitative estimate of drug-likeness (QED) is 0.540. The van der Waals surface area contributed by atoms with Crippen molar-refractivity contribution >= 4 is 9.04 Å². The molecule has 0 bridgehead atoms. The third-order valence-electron chi connectivity index (χ3n) is 1.27. The van der Waals surface area contributed by atoms with Crippen molar-refractivity contribution in [2.75, 3.05) is 6.61 Å². The van der Waals surface area contributed by atoms with Crippen molar-refractivity contribution in [3.05, 3.63) is 0 Å². The highest BCUT2D eigenvalue weighted by Gasteiger charge is 2.06. The molecule has 0 N–H and O–H groups in total. The molecule has 1 nitrogen and oxygen atoms in total. The van der Waals surface area contributed by atoms with E-state index < -0.39 is 0 Å². The minimum absolute atomic E-state index is 0.386. The fraction of sp³-hybridized carbons (Fsp3) is 1.00. The van der Waals surface area contributed by atoms with Crippen LogP contribution in [0, 0.1) is 0 Å². The zero-order chi connectivity index (χ0) is 7.11. The maximum Gasteiger partial charge on any atom is 0.211 e. The average molecular weight is 145 g/mol. The van der Waals surface area contributed by atoms with E-state index in [1.165, 1.54) is 18.5 Å². The Balaban J connectivity index is 3.18. The van der Waals surface area contributed by atoms with E-state index in [-0.39, 0.29) is 9.04 Å². The van der Waals surface area contributed by atoms with Gasteiger partial charge in [0.1, 0.15) is 0 Å². The third kappa shape index (κ3) is 4.67. The molecule has 0 aromatic rings. The van der Waals surface area contributed by atoms with Gasteiger partial charge in [0.25, 0.3) is 0 Å². The second-order valence-electron chi connectivity index (χ2n) is 2.08. The minimum atomic E-state index is -0.386. The molecule has 0 rings (SSSR count). The van der Waals surface area contributed by atoms with Crippen molar-refractivity contribution in [3.63, 3.8) is 0 Å². The Morgan fingerprint density at radius 3 is 2.22 bits per heavy atom. The highest BCUT2D eigenvalue weighted by Crippen LogP contribution is 2.02. The summed E-state index contributed by atoms with van der Waals surface area (Å²) in [7, 11) is -0.386. The number of hydrogen-bond acceptors (Lipinski definition) is 1. The topological polar surface area (TPSA) is 9.23 Å². The molecule has 0 fully saturated rings. The summed E-state index contributed by atoms with van der Waals surface area (Å²) in [4.78, 5) is 0. The third-order valence-corrected chi connectivity index (χ3v) is 3.81. The molecule has 0 spiro atoms. The Morgan fingerprint density at radius 2 is 1.89 bits per heavy atom. The van der Waals surface area contributed by atoms with Crippen LogP contribution in [-0.2, 0) is 4.43 Å². The smallest absolute Gasteiger partial charge is 0.211 e. The summed E-state index contributed by atoms with van der Waals surface area (Å²) in [5.74, 6) is 0. The van der Waals surface area contributed by atoms with Gasteiger partial charge in [-0.2, -0.15) is 0 Å². The van der Waals surface area contributed by atoms with Crippen molar-refractivity contribution in [1.29, 1.82) is 0 Å². The lowest BCUT2D eigenvalue weighted by atomic mass is 10.6. The maximum atomic E-state index is 5.53. The van der Waals surface area contributed by atoms with Gasteiger partial charge in [0, 0.05) is 6.61 Å². The van der Waals surface area contributed by atoms with E-state index in [1.807, 2.05) is 0 Å². The van der Waals surface area contributed by atoms with E-state index in [1.54, 1.807) is 0 Å². The molecule has 0 aliphatic carbocycles. The summed E-state index contributed by atoms with van der Waals surface area (Å²) in [5.41, 5.74) is 0. The first-order chi connectivity index (χ1) is 4.35. The molecule has 0 saturated heterocycles. The summed E-state index contributed by atoms with van der Waals surface area (Å²) in [5, 5.41) is 0. The van der Waals surface area contributed by atoms with Gasteiger partial charge in [0.15, 0.2) is 0 Å². The second kappa shape index (κ2) is 6.30. The van der Waals surface area contributed by atoms with Crippen molar-refractivity contribution in [3.8, 4) is 0 Å². The van der Waals surface area contributed by atoms with E-state index in [4.69, 9.17) is 4.43 Å². The fourth-order valence-corrected chi connectivity index (χ4v) is 2.50. The lowest BCUT2D eigenvalue weighted by molar-refractivity contribution is 0.341. The molecule has 0 saturated carbocycles. The standard InChI is InChI=1S/C7H17OSi/c1-4-7-9(6-3)8-5-2/h4-7H2,1-3H3. The highest BCUT2D eigenvalue weighted by molar-refractivity contribution is 6.51. The molecule has 0 unspecified atom stereocenters. The van der Waals surface area contributed by atoms with Gasteiger partial charge in [0.2, 0.25) is 9.04 Å². The van der Waals surface area contributed by atoms with Crippen LogP contribution in [0.1, 0.15) is 27.2 Å². The predicted octanol–water partition coefficient (Wildman–Crippen LogP) is 2.44. The fourth-order valence-electron chi connectivity index (χ4n) is 0.834. The SMILES string of the molecule is CCC[Si](CC)OCC. The van der Waals surface area contributed by atoms with Crippen LogP contribution in [0.4, 0.5) is 0 Å². The van der Waals surface area contributed by atoms with Crippen LogP contribution in [0.25, 0.3) is 0 Å². The average Bonchev–Trinajstić information content (AvgIpc) is 1.88. The molecule has 0 aliphatic rings. The first-order valence-electron chi connectivity index (χ1n) is 3.82. The lowest BCUT2D eigenvalue weighted by Crippen LogP contribution is -2.15. The molecule has 0 aromatic carbocycles. The number of hydrogen-bond donors (Lipinski definition) is 0. The van der Waals surface area contributed by atoms with Gasteiger partial charge >= 0.3 is 0 Å². The minimum Gasteiger partial charge on any atom is -0.417 e. The molecular weight excluding hydrogens is 128 g/mol. The van der Waals surface area contributed by atoms with E-state index in [0.29, 0.717) is 0 Å². The Bertz CT molecular complexity index is 50.9. The van der Waals surface area contributed by atoms with Crippen LogP contribution >= 0.6 is 0 Å². The monoisotopic (exact) mass is 145 g/mol. The Hall–Kier alpha value is 0.177. The number of rotatable bonds is 5. The van der Waals surface area contributed by atoms with Gasteiger partial charge < -0.3 is 4.43 Å². The van der Waals surface area contributed by atoms with E-state index in [9.17, 15) is 0 Å². The first-order valence-corrected chi connectivity index (χ1v) is 5.64. The maximum absolute atomic E-state index is 5.53. The summed E-state index contributed by atoms with van der Waals surface area (Å²) in [6.07, 6.45) is 1.28. The van der Waals surface area contributed by atoms with E-state index in [2.05, 4.69) is 20.8 Å². The molecule has 2 heteroatoms. The van der Waals surface area contributed by atoms with Gasteiger partial charge in [0.05, 0.1) is 0 Å².